The smallest absolute Gasteiger partial charge is 0.164 e. The van der Waals surface area contributed by atoms with Crippen molar-refractivity contribution in [1.82, 2.24) is 15.0 Å². The summed E-state index contributed by atoms with van der Waals surface area (Å²) in [6.45, 7) is 9.25. The van der Waals surface area contributed by atoms with Crippen molar-refractivity contribution < 1.29 is 4.74 Å². The zero-order valence-electron chi connectivity index (χ0n) is 39.8. The molecule has 5 aliphatic rings. The van der Waals surface area contributed by atoms with Crippen molar-refractivity contribution in [2.45, 2.75) is 30.1 Å². The van der Waals surface area contributed by atoms with Crippen LogP contribution in [0.3, 0.4) is 0 Å². The Balaban J connectivity index is 1.04. The van der Waals surface area contributed by atoms with E-state index in [9.17, 15) is 0 Å². The van der Waals surface area contributed by atoms with Crippen LogP contribution in [0.5, 0.6) is 5.75 Å². The Morgan fingerprint density at radius 2 is 0.861 bits per heavy atom. The fourth-order valence-corrected chi connectivity index (χ4v) is 13.6. The molecule has 4 heteroatoms. The van der Waals surface area contributed by atoms with Crippen LogP contribution in [0.4, 0.5) is 0 Å². The largest absolute Gasteiger partial charge is 0.464 e. The summed E-state index contributed by atoms with van der Waals surface area (Å²) in [6.07, 6.45) is 7.83. The molecule has 0 amide bonds. The number of hydrogen-bond acceptors (Lipinski definition) is 4. The molecule has 1 aliphatic heterocycles. The summed E-state index contributed by atoms with van der Waals surface area (Å²) in [6, 6.07) is 73.4. The van der Waals surface area contributed by atoms with Crippen molar-refractivity contribution in [3.8, 4) is 73.3 Å². The molecule has 2 heterocycles. The normalized spacial score (nSPS) is 16.6. The van der Waals surface area contributed by atoms with E-state index >= 15 is 0 Å². The second-order valence-electron chi connectivity index (χ2n) is 20.2. The van der Waals surface area contributed by atoms with Gasteiger partial charge in [0.25, 0.3) is 0 Å². The van der Waals surface area contributed by atoms with Crippen molar-refractivity contribution >= 4 is 5.57 Å². The maximum atomic E-state index is 7.00. The van der Waals surface area contributed by atoms with E-state index in [1.165, 1.54) is 66.8 Å². The van der Waals surface area contributed by atoms with Gasteiger partial charge in [-0.3, -0.25) is 0 Å². The molecule has 1 aromatic heterocycles. The second kappa shape index (κ2) is 14.8. The van der Waals surface area contributed by atoms with Gasteiger partial charge in [-0.05, 0) is 101 Å². The number of ether oxygens (including phenoxy) is 1. The number of nitrogens with zero attached hydrogens (tertiary/aromatic N) is 3. The van der Waals surface area contributed by atoms with Gasteiger partial charge in [-0.1, -0.05) is 227 Å². The molecular formula is C68H45N3O. The highest BCUT2D eigenvalue weighted by molar-refractivity contribution is 6.00. The van der Waals surface area contributed by atoms with Gasteiger partial charge in [0, 0.05) is 33.2 Å². The van der Waals surface area contributed by atoms with Gasteiger partial charge >= 0.3 is 0 Å². The van der Waals surface area contributed by atoms with Gasteiger partial charge in [-0.25, -0.2) is 15.0 Å². The van der Waals surface area contributed by atoms with Gasteiger partial charge in [0.2, 0.25) is 0 Å². The monoisotopic (exact) mass is 919 g/mol. The molecule has 10 aromatic rings. The molecular weight excluding hydrogens is 875 g/mol. The van der Waals surface area contributed by atoms with Crippen LogP contribution in [-0.4, -0.2) is 15.0 Å². The maximum absolute atomic E-state index is 7.00. The maximum Gasteiger partial charge on any atom is 0.164 e. The third-order valence-electron chi connectivity index (χ3n) is 16.5. The number of allylic oxidation sites excluding steroid dienone is 4. The number of hydrogen-bond donors (Lipinski definition) is 0. The number of benzene rings is 9. The molecule has 0 N–H and O–H groups in total. The summed E-state index contributed by atoms with van der Waals surface area (Å²) in [5, 5.41) is 0. The zero-order chi connectivity index (χ0) is 47.9. The van der Waals surface area contributed by atoms with E-state index < -0.39 is 10.8 Å². The third-order valence-corrected chi connectivity index (χ3v) is 16.5. The van der Waals surface area contributed by atoms with Crippen LogP contribution < -0.4 is 4.74 Å². The van der Waals surface area contributed by atoms with Gasteiger partial charge in [0.1, 0.15) is 5.75 Å². The predicted molar refractivity (Wildman–Crippen MR) is 290 cm³/mol. The van der Waals surface area contributed by atoms with Crippen LogP contribution in [0.15, 0.2) is 231 Å². The van der Waals surface area contributed by atoms with Gasteiger partial charge in [-0.15, -0.1) is 0 Å². The fraction of sp³-hybridized carbons (Fsp3) is 0.0735. The molecule has 338 valence electrons. The van der Waals surface area contributed by atoms with E-state index in [0.29, 0.717) is 17.5 Å². The Labute approximate surface area is 419 Å². The Morgan fingerprint density at radius 3 is 1.53 bits per heavy atom. The van der Waals surface area contributed by atoms with Gasteiger partial charge < -0.3 is 4.74 Å². The Morgan fingerprint density at radius 1 is 0.375 bits per heavy atom. The van der Waals surface area contributed by atoms with Crippen LogP contribution in [0.2, 0.25) is 0 Å². The molecule has 4 nitrogen and oxygen atoms in total. The molecule has 2 spiro atoms. The molecule has 9 aromatic carbocycles. The summed E-state index contributed by atoms with van der Waals surface area (Å²) in [5.41, 5.74) is 22.5. The minimum absolute atomic E-state index is 0.193. The van der Waals surface area contributed by atoms with E-state index in [4.69, 9.17) is 19.7 Å². The van der Waals surface area contributed by atoms with Crippen molar-refractivity contribution in [3.05, 3.63) is 292 Å². The Kier molecular flexibility index (Phi) is 8.38. The van der Waals surface area contributed by atoms with Crippen molar-refractivity contribution in [1.29, 1.82) is 0 Å². The van der Waals surface area contributed by atoms with E-state index in [-0.39, 0.29) is 5.41 Å². The molecule has 0 atom stereocenters. The lowest BCUT2D eigenvalue weighted by atomic mass is 9.52. The summed E-state index contributed by atoms with van der Waals surface area (Å²) in [5.74, 6) is 2.64. The standard InChI is InChI=1S/C68H45N3O/c1-41-20-17-18-39-72-62-44(41)37-38-49-60-50(65-70-63(42-21-5-4-6-22-42)69-64(71-65)43-35-36-48-45-23-7-10-27-51(45)66(2,3)59(48)40-43)26-19-34-58(60)68(61(49)62)56-32-15-13-30-54(56)67(55-31-14-16-33-57(55)68)52-28-11-8-24-46(52)47-25-9-12-29-53(47)67/h4-40H,1H2,2-3H3/b20-17-,39-18-. The van der Waals surface area contributed by atoms with Crippen molar-refractivity contribution in [3.63, 3.8) is 0 Å². The van der Waals surface area contributed by atoms with Gasteiger partial charge in [0.05, 0.1) is 17.1 Å². The van der Waals surface area contributed by atoms with Crippen LogP contribution in [0, 0.1) is 0 Å². The molecule has 72 heavy (non-hydrogen) atoms. The highest BCUT2D eigenvalue weighted by Gasteiger charge is 2.60. The summed E-state index contributed by atoms with van der Waals surface area (Å²) in [7, 11) is 0. The average molecular weight is 920 g/mol. The number of rotatable bonds is 3. The second-order valence-corrected chi connectivity index (χ2v) is 20.2. The molecule has 0 saturated carbocycles. The van der Waals surface area contributed by atoms with Crippen LogP contribution in [-0.2, 0) is 16.2 Å². The first-order valence-corrected chi connectivity index (χ1v) is 24.9. The van der Waals surface area contributed by atoms with Crippen LogP contribution in [0.25, 0.3) is 73.1 Å². The molecule has 0 fully saturated rings. The Hall–Kier alpha value is -8.99. The first-order valence-electron chi connectivity index (χ1n) is 24.9. The van der Waals surface area contributed by atoms with Gasteiger partial charge in [-0.2, -0.15) is 0 Å². The van der Waals surface area contributed by atoms with E-state index in [2.05, 4.69) is 208 Å². The van der Waals surface area contributed by atoms with Crippen LogP contribution in [0.1, 0.15) is 75.0 Å². The molecule has 0 bridgehead atoms. The number of aromatic nitrogens is 3. The van der Waals surface area contributed by atoms with Crippen molar-refractivity contribution in [2.24, 2.45) is 0 Å². The quantitative estimate of drug-likeness (QED) is 0.177. The first-order chi connectivity index (χ1) is 35.4. The first kappa shape index (κ1) is 40.9. The fourth-order valence-electron chi connectivity index (χ4n) is 13.6. The third kappa shape index (κ3) is 5.18. The lowest BCUT2D eigenvalue weighted by Crippen LogP contribution is -2.44. The molecule has 0 unspecified atom stereocenters. The number of fused-ring (bicyclic) bond motifs is 21. The molecule has 0 radical (unpaired) electrons. The Bertz CT molecular complexity index is 3980. The van der Waals surface area contributed by atoms with Crippen molar-refractivity contribution in [2.75, 3.05) is 0 Å². The van der Waals surface area contributed by atoms with E-state index in [1.807, 2.05) is 36.6 Å². The highest BCUT2D eigenvalue weighted by atomic mass is 16.5. The van der Waals surface area contributed by atoms with Gasteiger partial charge in [0.15, 0.2) is 17.5 Å². The van der Waals surface area contributed by atoms with E-state index in [1.54, 1.807) is 0 Å². The summed E-state index contributed by atoms with van der Waals surface area (Å²) in [4.78, 5) is 16.3. The minimum Gasteiger partial charge on any atom is -0.464 e. The minimum atomic E-state index is -0.855. The van der Waals surface area contributed by atoms with E-state index in [0.717, 1.165) is 55.8 Å². The zero-order valence-corrected chi connectivity index (χ0v) is 39.8. The highest BCUT2D eigenvalue weighted by Crippen LogP contribution is 2.69. The lowest BCUT2D eigenvalue weighted by Gasteiger charge is -2.49. The summed E-state index contributed by atoms with van der Waals surface area (Å²) >= 11 is 0. The van der Waals surface area contributed by atoms with Crippen LogP contribution >= 0.6 is 0 Å². The lowest BCUT2D eigenvalue weighted by molar-refractivity contribution is 0.465. The summed E-state index contributed by atoms with van der Waals surface area (Å²) < 4.78 is 7.00. The molecule has 15 rings (SSSR count). The SMILES string of the molecule is C=C1/C=C\C=C/Oc2c1ccc1c2C2(c3ccccc3C3(c4ccccc4-c4ccccc43)c3ccccc32)c2cccc(-c3nc(-c4ccccc4)nc(-c4ccc5c(c4)C(C)(C)c4ccccc4-5)n3)c2-1. The molecule has 4 aliphatic carbocycles. The topological polar surface area (TPSA) is 47.9 Å². The average Bonchev–Trinajstić information content (AvgIpc) is 3.99. The predicted octanol–water partition coefficient (Wildman–Crippen LogP) is 15.7. The molecule has 0 saturated heterocycles.